The zero-order valence-electron chi connectivity index (χ0n) is 17.3. The first-order valence-corrected chi connectivity index (χ1v) is 10.2. The first kappa shape index (κ1) is 20.8. The molecule has 154 valence electrons. The van der Waals surface area contributed by atoms with Crippen molar-refractivity contribution in [3.8, 4) is 5.88 Å². The fourth-order valence-electron chi connectivity index (χ4n) is 3.69. The molecule has 1 aliphatic rings. The molecular formula is C22H32N2O4. The Morgan fingerprint density at radius 1 is 1.21 bits per heavy atom. The van der Waals surface area contributed by atoms with Crippen LogP contribution in [0.15, 0.2) is 24.3 Å². The number of ether oxygens (including phenoxy) is 2. The predicted molar refractivity (Wildman–Crippen MR) is 108 cm³/mol. The van der Waals surface area contributed by atoms with Crippen molar-refractivity contribution >= 4 is 0 Å². The van der Waals surface area contributed by atoms with Gasteiger partial charge in [-0.1, -0.05) is 31.2 Å². The maximum Gasteiger partial charge on any atom is 0.238 e. The topological polar surface area (TPSA) is 76.7 Å². The third-order valence-electron chi connectivity index (χ3n) is 5.33. The van der Waals surface area contributed by atoms with Crippen LogP contribution in [0.25, 0.3) is 0 Å². The van der Waals surface area contributed by atoms with Gasteiger partial charge in [0, 0.05) is 36.6 Å². The van der Waals surface area contributed by atoms with Crippen molar-refractivity contribution < 1.29 is 19.7 Å². The minimum absolute atomic E-state index is 0.132. The summed E-state index contributed by atoms with van der Waals surface area (Å²) < 4.78 is 13.8. The molecule has 1 aliphatic heterocycles. The Hall–Kier alpha value is -1.89. The molecule has 1 saturated heterocycles. The molecule has 6 nitrogen and oxygen atoms in total. The van der Waals surface area contributed by atoms with E-state index in [1.807, 2.05) is 4.68 Å². The van der Waals surface area contributed by atoms with Crippen LogP contribution in [0.5, 0.6) is 5.88 Å². The zero-order valence-corrected chi connectivity index (χ0v) is 17.3. The standard InChI is InChI=1S/C22H32N2O4/c1-5-16-6-8-17(9-7-16)10-20-15(4)24(14(2)3)23-22(20)28-21-12-18(26)11-19(13-25)27-21/h6-9,14,18-19,21,25-26H,5,10-13H2,1-4H3. The van der Waals surface area contributed by atoms with Crippen LogP contribution in [0, 0.1) is 6.92 Å². The summed E-state index contributed by atoms with van der Waals surface area (Å²) in [5, 5.41) is 24.1. The molecule has 0 radical (unpaired) electrons. The lowest BCUT2D eigenvalue weighted by Gasteiger charge is -2.31. The van der Waals surface area contributed by atoms with Crippen LogP contribution in [0.1, 0.15) is 62.0 Å². The molecule has 0 amide bonds. The van der Waals surface area contributed by atoms with E-state index < -0.39 is 18.5 Å². The monoisotopic (exact) mass is 388 g/mol. The van der Waals surface area contributed by atoms with Crippen LogP contribution in [-0.4, -0.2) is 45.1 Å². The molecule has 28 heavy (non-hydrogen) atoms. The van der Waals surface area contributed by atoms with Gasteiger partial charge in [-0.25, -0.2) is 0 Å². The second kappa shape index (κ2) is 9.07. The van der Waals surface area contributed by atoms with Gasteiger partial charge in [0.05, 0.1) is 18.8 Å². The Kier molecular flexibility index (Phi) is 6.75. The second-order valence-corrected chi connectivity index (χ2v) is 7.87. The van der Waals surface area contributed by atoms with Gasteiger partial charge < -0.3 is 19.7 Å². The molecule has 1 fully saturated rings. The van der Waals surface area contributed by atoms with Crippen LogP contribution in [0.3, 0.4) is 0 Å². The molecule has 0 aliphatic carbocycles. The van der Waals surface area contributed by atoms with Gasteiger partial charge in [0.15, 0.2) is 0 Å². The van der Waals surface area contributed by atoms with E-state index in [1.165, 1.54) is 11.1 Å². The van der Waals surface area contributed by atoms with Gasteiger partial charge >= 0.3 is 0 Å². The molecule has 1 aromatic carbocycles. The minimum atomic E-state index is -0.614. The fourth-order valence-corrected chi connectivity index (χ4v) is 3.69. The second-order valence-electron chi connectivity index (χ2n) is 7.87. The lowest BCUT2D eigenvalue weighted by Crippen LogP contribution is -2.40. The van der Waals surface area contributed by atoms with Crippen molar-refractivity contribution in [2.45, 2.75) is 77.9 Å². The van der Waals surface area contributed by atoms with Crippen LogP contribution in [-0.2, 0) is 17.6 Å². The van der Waals surface area contributed by atoms with Crippen molar-refractivity contribution in [1.29, 1.82) is 0 Å². The highest BCUT2D eigenvalue weighted by atomic mass is 16.7. The number of hydrogen-bond acceptors (Lipinski definition) is 5. The largest absolute Gasteiger partial charge is 0.446 e. The Labute approximate surface area is 167 Å². The van der Waals surface area contributed by atoms with E-state index in [9.17, 15) is 10.2 Å². The summed E-state index contributed by atoms with van der Waals surface area (Å²) in [4.78, 5) is 0. The van der Waals surface area contributed by atoms with Crippen molar-refractivity contribution in [1.82, 2.24) is 9.78 Å². The molecule has 0 bridgehead atoms. The van der Waals surface area contributed by atoms with Crippen LogP contribution < -0.4 is 4.74 Å². The summed E-state index contributed by atoms with van der Waals surface area (Å²) in [5.41, 5.74) is 4.61. The van der Waals surface area contributed by atoms with Crippen molar-refractivity contribution in [3.63, 3.8) is 0 Å². The first-order valence-electron chi connectivity index (χ1n) is 10.2. The van der Waals surface area contributed by atoms with Crippen LogP contribution >= 0.6 is 0 Å². The predicted octanol–water partition coefficient (Wildman–Crippen LogP) is 3.16. The van der Waals surface area contributed by atoms with Gasteiger partial charge in [-0.2, -0.15) is 0 Å². The molecule has 6 heteroatoms. The number of aryl methyl sites for hydroxylation is 1. The molecule has 0 spiro atoms. The maximum atomic E-state index is 10.1. The molecule has 1 aromatic heterocycles. The highest BCUT2D eigenvalue weighted by Gasteiger charge is 2.31. The Bertz CT molecular complexity index is 770. The zero-order chi connectivity index (χ0) is 20.3. The summed E-state index contributed by atoms with van der Waals surface area (Å²) in [7, 11) is 0. The first-order chi connectivity index (χ1) is 13.4. The van der Waals surface area contributed by atoms with Crippen molar-refractivity contribution in [3.05, 3.63) is 46.6 Å². The van der Waals surface area contributed by atoms with Gasteiger partial charge in [0.1, 0.15) is 0 Å². The van der Waals surface area contributed by atoms with E-state index in [4.69, 9.17) is 9.47 Å². The molecule has 2 N–H and O–H groups in total. The lowest BCUT2D eigenvalue weighted by molar-refractivity contribution is -0.186. The highest BCUT2D eigenvalue weighted by molar-refractivity contribution is 5.37. The van der Waals surface area contributed by atoms with Crippen LogP contribution in [0.2, 0.25) is 0 Å². The van der Waals surface area contributed by atoms with Gasteiger partial charge in [-0.05, 0) is 38.3 Å². The summed E-state index contributed by atoms with van der Waals surface area (Å²) in [6.07, 6.45) is 0.961. The van der Waals surface area contributed by atoms with Gasteiger partial charge in [-0.15, -0.1) is 5.10 Å². The van der Waals surface area contributed by atoms with Crippen LogP contribution in [0.4, 0.5) is 0 Å². The van der Waals surface area contributed by atoms with E-state index in [0.717, 1.165) is 24.1 Å². The van der Waals surface area contributed by atoms with E-state index in [0.29, 0.717) is 18.7 Å². The summed E-state index contributed by atoms with van der Waals surface area (Å²) >= 11 is 0. The number of benzene rings is 1. The average Bonchev–Trinajstić information content (AvgIpc) is 2.98. The third kappa shape index (κ3) is 4.74. The number of aliphatic hydroxyl groups is 2. The number of nitrogens with zero attached hydrogens (tertiary/aromatic N) is 2. The maximum absolute atomic E-state index is 10.1. The lowest BCUT2D eigenvalue weighted by atomic mass is 10.0. The van der Waals surface area contributed by atoms with Crippen molar-refractivity contribution in [2.24, 2.45) is 0 Å². The minimum Gasteiger partial charge on any atom is -0.446 e. The molecule has 2 heterocycles. The molecule has 3 unspecified atom stereocenters. The van der Waals surface area contributed by atoms with E-state index in [2.05, 4.69) is 57.1 Å². The van der Waals surface area contributed by atoms with E-state index in [1.54, 1.807) is 0 Å². The number of rotatable bonds is 7. The highest BCUT2D eigenvalue weighted by Crippen LogP contribution is 2.30. The van der Waals surface area contributed by atoms with E-state index >= 15 is 0 Å². The number of aromatic nitrogens is 2. The Morgan fingerprint density at radius 2 is 1.89 bits per heavy atom. The Balaban J connectivity index is 1.85. The average molecular weight is 389 g/mol. The molecule has 3 atom stereocenters. The molecule has 2 aromatic rings. The third-order valence-corrected chi connectivity index (χ3v) is 5.33. The smallest absolute Gasteiger partial charge is 0.238 e. The summed E-state index contributed by atoms with van der Waals surface area (Å²) in [6, 6.07) is 8.82. The SMILES string of the molecule is CCc1ccc(Cc2c(OC3CC(O)CC(CO)O3)nn(C(C)C)c2C)cc1. The fraction of sp³-hybridized carbons (Fsp3) is 0.591. The normalized spacial score (nSPS) is 22.6. The quantitative estimate of drug-likeness (QED) is 0.762. The van der Waals surface area contributed by atoms with Gasteiger partial charge in [-0.3, -0.25) is 4.68 Å². The van der Waals surface area contributed by atoms with Gasteiger partial charge in [0.2, 0.25) is 12.2 Å². The van der Waals surface area contributed by atoms with Crippen molar-refractivity contribution in [2.75, 3.05) is 6.61 Å². The van der Waals surface area contributed by atoms with Gasteiger partial charge in [0.25, 0.3) is 0 Å². The molecule has 0 saturated carbocycles. The summed E-state index contributed by atoms with van der Waals surface area (Å²) in [5.74, 6) is 0.543. The van der Waals surface area contributed by atoms with E-state index in [-0.39, 0.29) is 12.6 Å². The number of hydrogen-bond donors (Lipinski definition) is 2. The molecular weight excluding hydrogens is 356 g/mol. The number of aliphatic hydroxyl groups excluding tert-OH is 2. The Morgan fingerprint density at radius 3 is 2.50 bits per heavy atom. The summed E-state index contributed by atoms with van der Waals surface area (Å²) in [6.45, 7) is 8.25. The molecule has 3 rings (SSSR count).